The van der Waals surface area contributed by atoms with Crippen molar-refractivity contribution < 1.29 is 29.3 Å². The third kappa shape index (κ3) is 5.90. The van der Waals surface area contributed by atoms with Gasteiger partial charge in [-0.3, -0.25) is 14.4 Å². The van der Waals surface area contributed by atoms with Crippen LogP contribution in [0.3, 0.4) is 0 Å². The molecule has 6 aliphatic rings. The molecule has 0 bridgehead atoms. The average Bonchev–Trinajstić information content (AvgIpc) is 3.63. The number of carboxylic acid groups (broad SMARTS) is 1. The Morgan fingerprint density at radius 3 is 2.24 bits per heavy atom. The summed E-state index contributed by atoms with van der Waals surface area (Å²) in [4.78, 5) is 40.7. The van der Waals surface area contributed by atoms with Crippen LogP contribution in [0.4, 0.5) is 0 Å². The first-order chi connectivity index (χ1) is 23.2. The number of esters is 1. The summed E-state index contributed by atoms with van der Waals surface area (Å²) in [7, 11) is 0. The molecule has 0 spiro atoms. The van der Waals surface area contributed by atoms with E-state index in [9.17, 15) is 24.6 Å². The average molecular weight is 696 g/mol. The molecule has 7 nitrogen and oxygen atoms in total. The molecule has 1 heterocycles. The number of carbonyl (C=O) groups is 3. The van der Waals surface area contributed by atoms with Gasteiger partial charge in [-0.1, -0.05) is 60.6 Å². The van der Waals surface area contributed by atoms with Crippen LogP contribution in [0.2, 0.25) is 0 Å². The lowest BCUT2D eigenvalue weighted by Crippen LogP contribution is -2.67. The fourth-order valence-electron chi connectivity index (χ4n) is 14.6. The molecule has 0 aromatic carbocycles. The van der Waals surface area contributed by atoms with Crippen LogP contribution in [0.25, 0.3) is 0 Å². The first kappa shape index (κ1) is 37.9. The van der Waals surface area contributed by atoms with Gasteiger partial charge in [0.25, 0.3) is 0 Å². The molecule has 50 heavy (non-hydrogen) atoms. The normalized spacial score (nSPS) is 43.6. The number of aliphatic hydroxyl groups excluding tert-OH is 1. The molecule has 1 saturated heterocycles. The van der Waals surface area contributed by atoms with Crippen LogP contribution in [0.5, 0.6) is 0 Å². The van der Waals surface area contributed by atoms with Gasteiger partial charge in [0.1, 0.15) is 6.10 Å². The molecule has 3 unspecified atom stereocenters. The van der Waals surface area contributed by atoms with E-state index < -0.39 is 11.4 Å². The van der Waals surface area contributed by atoms with Crippen molar-refractivity contribution in [3.63, 3.8) is 0 Å². The summed E-state index contributed by atoms with van der Waals surface area (Å²) in [6.07, 6.45) is 13.7. The van der Waals surface area contributed by atoms with Gasteiger partial charge in [0.15, 0.2) is 0 Å². The number of nitrogens with zero attached hydrogens (tertiary/aromatic N) is 1. The molecule has 11 atom stereocenters. The number of hydrogen-bond acceptors (Lipinski definition) is 5. The van der Waals surface area contributed by atoms with Crippen molar-refractivity contribution >= 4 is 17.8 Å². The number of carbonyl (C=O) groups excluding carboxylic acids is 2. The van der Waals surface area contributed by atoms with Crippen molar-refractivity contribution in [3.8, 4) is 0 Å². The Kier molecular flexibility index (Phi) is 9.77. The number of fused-ring (bicyclic) bond motifs is 7. The number of rotatable bonds is 9. The monoisotopic (exact) mass is 696 g/mol. The molecule has 282 valence electrons. The minimum atomic E-state index is -0.885. The first-order valence-corrected chi connectivity index (χ1v) is 20.2. The third-order valence-corrected chi connectivity index (χ3v) is 17.1. The minimum absolute atomic E-state index is 0.0125. The van der Waals surface area contributed by atoms with Gasteiger partial charge in [-0.25, -0.2) is 0 Å². The van der Waals surface area contributed by atoms with E-state index in [1.165, 1.54) is 31.3 Å². The third-order valence-electron chi connectivity index (χ3n) is 17.1. The molecule has 0 radical (unpaired) electrons. The Labute approximate surface area is 302 Å². The van der Waals surface area contributed by atoms with E-state index >= 15 is 0 Å². The maximum absolute atomic E-state index is 14.0. The van der Waals surface area contributed by atoms with Crippen molar-refractivity contribution in [2.24, 2.45) is 62.1 Å². The van der Waals surface area contributed by atoms with E-state index in [1.54, 1.807) is 0 Å². The summed E-state index contributed by atoms with van der Waals surface area (Å²) in [5, 5.41) is 19.4. The molecule has 6 fully saturated rings. The van der Waals surface area contributed by atoms with Gasteiger partial charge in [0.05, 0.1) is 25.5 Å². The smallest absolute Gasteiger partial charge is 0.306 e. The zero-order valence-corrected chi connectivity index (χ0v) is 32.7. The van der Waals surface area contributed by atoms with Gasteiger partial charge < -0.3 is 19.8 Å². The summed E-state index contributed by atoms with van der Waals surface area (Å²) in [6, 6.07) is -0.0125. The van der Waals surface area contributed by atoms with E-state index in [0.29, 0.717) is 36.0 Å². The highest BCUT2D eigenvalue weighted by Crippen LogP contribution is 2.78. The Bertz CT molecular complexity index is 1370. The summed E-state index contributed by atoms with van der Waals surface area (Å²) >= 11 is 0. The number of allylic oxidation sites excluding steroid dienone is 1. The molecular formula is C43H69NO6. The summed E-state index contributed by atoms with van der Waals surface area (Å²) in [5.74, 6) is 1.68. The van der Waals surface area contributed by atoms with Crippen molar-refractivity contribution in [2.45, 2.75) is 164 Å². The minimum Gasteiger partial charge on any atom is -0.481 e. The second-order valence-corrected chi connectivity index (χ2v) is 20.5. The number of carboxylic acids is 1. The largest absolute Gasteiger partial charge is 0.481 e. The summed E-state index contributed by atoms with van der Waals surface area (Å²) < 4.78 is 6.27. The quantitative estimate of drug-likeness (QED) is 0.185. The van der Waals surface area contributed by atoms with E-state index in [0.717, 1.165) is 57.9 Å². The SMILES string of the molecule is C=C(C)[C@@H]1CC[C@]2(CC(=O)N3CCC[C@H]3CO)CC[C@]3(C)[C@H](CCC4[C@@]5(C)CC[C@H](OC(=O)CC(C)(C)CC(=O)O)C(C)(C)C5CC[C@]43C)C12. The standard InChI is InChI=1S/C43H69NO6/c1-27(2)29-14-19-43(23-34(46)44-22-10-11-28(44)26-45)21-20-41(8)30(37(29)43)12-13-32-40(7)17-16-33(39(5,6)31(40)15-18-42(32,41)9)50-36(49)25-38(3,4)24-35(47)48/h28-33,37,45H,1,10-26H2,2-9H3,(H,47,48)/t28-,29-,30+,31?,32?,33-,37?,40-,41+,42+,43+/m0/s1. The maximum atomic E-state index is 14.0. The highest BCUT2D eigenvalue weighted by molar-refractivity contribution is 5.78. The highest BCUT2D eigenvalue weighted by atomic mass is 16.5. The molecular weight excluding hydrogens is 626 g/mol. The van der Waals surface area contributed by atoms with E-state index in [2.05, 4.69) is 48.1 Å². The van der Waals surface area contributed by atoms with Crippen molar-refractivity contribution in [3.05, 3.63) is 12.2 Å². The van der Waals surface area contributed by atoms with Gasteiger partial charge in [0.2, 0.25) is 5.91 Å². The molecule has 5 aliphatic carbocycles. The Hall–Kier alpha value is -1.89. The lowest BCUT2D eigenvalue weighted by Gasteiger charge is -2.73. The zero-order valence-electron chi connectivity index (χ0n) is 32.7. The highest BCUT2D eigenvalue weighted by Gasteiger charge is 2.71. The van der Waals surface area contributed by atoms with Crippen molar-refractivity contribution in [1.82, 2.24) is 4.90 Å². The fourth-order valence-corrected chi connectivity index (χ4v) is 14.6. The number of aliphatic carboxylic acids is 1. The number of hydrogen-bond donors (Lipinski definition) is 2. The molecule has 1 amide bonds. The molecule has 0 aromatic rings. The van der Waals surface area contributed by atoms with Crippen LogP contribution in [0.15, 0.2) is 12.2 Å². The van der Waals surface area contributed by atoms with Crippen LogP contribution in [0.1, 0.15) is 152 Å². The van der Waals surface area contributed by atoms with Gasteiger partial charge in [-0.15, -0.1) is 0 Å². The van der Waals surface area contributed by atoms with Crippen molar-refractivity contribution in [1.29, 1.82) is 0 Å². The Morgan fingerprint density at radius 2 is 1.58 bits per heavy atom. The van der Waals surface area contributed by atoms with Gasteiger partial charge >= 0.3 is 11.9 Å². The van der Waals surface area contributed by atoms with Crippen LogP contribution >= 0.6 is 0 Å². The summed E-state index contributed by atoms with van der Waals surface area (Å²) in [5.41, 5.74) is 1.05. The molecule has 6 rings (SSSR count). The Balaban J connectivity index is 1.24. The molecule has 5 saturated carbocycles. The van der Waals surface area contributed by atoms with Gasteiger partial charge in [0, 0.05) is 18.4 Å². The second kappa shape index (κ2) is 12.9. The van der Waals surface area contributed by atoms with Crippen molar-refractivity contribution in [2.75, 3.05) is 13.2 Å². The Morgan fingerprint density at radius 1 is 0.860 bits per heavy atom. The van der Waals surface area contributed by atoms with Crippen LogP contribution < -0.4 is 0 Å². The predicted octanol–water partition coefficient (Wildman–Crippen LogP) is 8.82. The maximum Gasteiger partial charge on any atom is 0.306 e. The fraction of sp³-hybridized carbons (Fsp3) is 0.884. The lowest BCUT2D eigenvalue weighted by atomic mass is 9.32. The van der Waals surface area contributed by atoms with E-state index in [4.69, 9.17) is 4.74 Å². The zero-order chi connectivity index (χ0) is 36.7. The first-order valence-electron chi connectivity index (χ1n) is 20.2. The van der Waals surface area contributed by atoms with Crippen LogP contribution in [-0.4, -0.2) is 58.3 Å². The molecule has 0 aromatic heterocycles. The van der Waals surface area contributed by atoms with E-state index in [-0.39, 0.29) is 70.5 Å². The predicted molar refractivity (Wildman–Crippen MR) is 196 cm³/mol. The lowest BCUT2D eigenvalue weighted by molar-refractivity contribution is -0.250. The molecule has 2 N–H and O–H groups in total. The van der Waals surface area contributed by atoms with E-state index in [1.807, 2.05) is 18.7 Å². The van der Waals surface area contributed by atoms with Gasteiger partial charge in [-0.2, -0.15) is 0 Å². The summed E-state index contributed by atoms with van der Waals surface area (Å²) in [6.45, 7) is 23.8. The number of amides is 1. The van der Waals surface area contributed by atoms with Crippen LogP contribution in [-0.2, 0) is 19.1 Å². The number of likely N-dealkylation sites (tertiary alicyclic amines) is 1. The van der Waals surface area contributed by atoms with Gasteiger partial charge in [-0.05, 0) is 141 Å². The molecule has 7 heteroatoms. The number of aliphatic hydroxyl groups is 1. The topological polar surface area (TPSA) is 104 Å². The van der Waals surface area contributed by atoms with Crippen LogP contribution in [0, 0.1) is 62.1 Å². The second-order valence-electron chi connectivity index (χ2n) is 20.5. The molecule has 1 aliphatic heterocycles. The number of ether oxygens (including phenoxy) is 1.